The fraction of sp³-hybridized carbons (Fsp3) is 0.625. The molecule has 2 aliphatic carbocycles. The van der Waals surface area contributed by atoms with Gasteiger partial charge in [0.1, 0.15) is 12.2 Å². The van der Waals surface area contributed by atoms with Crippen LogP contribution in [0.25, 0.3) is 0 Å². The minimum absolute atomic E-state index is 0.128. The second-order valence-corrected chi connectivity index (χ2v) is 9.59. The van der Waals surface area contributed by atoms with E-state index in [0.29, 0.717) is 6.04 Å². The molecule has 3 fully saturated rings. The Morgan fingerprint density at radius 3 is 2.60 bits per heavy atom. The zero-order chi connectivity index (χ0) is 20.4. The maximum Gasteiger partial charge on any atom is 0.317 e. The molecule has 160 valence electrons. The van der Waals surface area contributed by atoms with E-state index in [2.05, 4.69) is 49.2 Å². The van der Waals surface area contributed by atoms with Crippen LogP contribution in [0.1, 0.15) is 75.1 Å². The fourth-order valence-electron chi connectivity index (χ4n) is 6.01. The van der Waals surface area contributed by atoms with Crippen LogP contribution in [-0.2, 0) is 6.54 Å². The Balaban J connectivity index is 1.38. The number of benzene rings is 1. The lowest BCUT2D eigenvalue weighted by molar-refractivity contribution is 0.162. The van der Waals surface area contributed by atoms with Gasteiger partial charge in [-0.3, -0.25) is 0 Å². The van der Waals surface area contributed by atoms with E-state index in [1.165, 1.54) is 50.5 Å². The van der Waals surface area contributed by atoms with Crippen molar-refractivity contribution in [2.75, 3.05) is 13.1 Å². The molecule has 2 saturated carbocycles. The molecule has 1 spiro atoms. The Kier molecular flexibility index (Phi) is 5.48. The van der Waals surface area contributed by atoms with E-state index in [-0.39, 0.29) is 17.4 Å². The van der Waals surface area contributed by atoms with E-state index in [1.807, 2.05) is 12.4 Å². The van der Waals surface area contributed by atoms with Crippen LogP contribution in [0.5, 0.6) is 0 Å². The molecular formula is C24H33N5O. The smallest absolute Gasteiger partial charge is 0.317 e. The first kappa shape index (κ1) is 19.6. The van der Waals surface area contributed by atoms with Gasteiger partial charge in [-0.2, -0.15) is 0 Å². The number of carbonyl (C=O) groups excluding carboxylic acids is 1. The lowest BCUT2D eigenvalue weighted by atomic mass is 9.67. The third-order valence-corrected chi connectivity index (χ3v) is 7.62. The molecule has 30 heavy (non-hydrogen) atoms. The molecule has 2 amide bonds. The quantitative estimate of drug-likeness (QED) is 0.821. The second kappa shape index (κ2) is 8.40. The van der Waals surface area contributed by atoms with Crippen molar-refractivity contribution in [2.24, 2.45) is 5.41 Å². The topological polar surface area (TPSA) is 63.1 Å². The number of hydrogen-bond donors (Lipinski definition) is 1. The van der Waals surface area contributed by atoms with E-state index in [9.17, 15) is 4.79 Å². The van der Waals surface area contributed by atoms with Crippen molar-refractivity contribution < 1.29 is 4.79 Å². The number of amides is 2. The van der Waals surface area contributed by atoms with Crippen LogP contribution in [-0.4, -0.2) is 44.8 Å². The molecule has 0 bridgehead atoms. The minimum atomic E-state index is 0.128. The number of nitrogens with one attached hydrogen (secondary N) is 1. The molecule has 1 aromatic heterocycles. The van der Waals surface area contributed by atoms with Gasteiger partial charge in [0.2, 0.25) is 0 Å². The Morgan fingerprint density at radius 2 is 1.83 bits per heavy atom. The SMILES string of the molecule is O=C(NC1CCCC1)N1CC(c2nncn2Cc2ccccc2)C2(CCCCC2)C1. The number of likely N-dealkylation sites (tertiary alicyclic amines) is 1. The van der Waals surface area contributed by atoms with Gasteiger partial charge in [0.15, 0.2) is 0 Å². The molecule has 0 radical (unpaired) electrons. The molecule has 1 unspecified atom stereocenters. The molecule has 1 aromatic carbocycles. The van der Waals surface area contributed by atoms with Gasteiger partial charge < -0.3 is 14.8 Å². The largest absolute Gasteiger partial charge is 0.335 e. The molecule has 1 saturated heterocycles. The molecule has 6 heteroatoms. The average Bonchev–Trinajstić information content (AvgIpc) is 3.51. The summed E-state index contributed by atoms with van der Waals surface area (Å²) in [6, 6.07) is 11.0. The lowest BCUT2D eigenvalue weighted by Crippen LogP contribution is -2.44. The third kappa shape index (κ3) is 3.84. The number of hydrogen-bond acceptors (Lipinski definition) is 3. The van der Waals surface area contributed by atoms with Crippen molar-refractivity contribution in [3.8, 4) is 0 Å². The van der Waals surface area contributed by atoms with E-state index in [0.717, 1.165) is 38.3 Å². The fourth-order valence-corrected chi connectivity index (χ4v) is 6.01. The highest BCUT2D eigenvalue weighted by Crippen LogP contribution is 2.51. The summed E-state index contributed by atoms with van der Waals surface area (Å²) < 4.78 is 2.20. The summed E-state index contributed by atoms with van der Waals surface area (Å²) in [5.41, 5.74) is 1.40. The second-order valence-electron chi connectivity index (χ2n) is 9.59. The van der Waals surface area contributed by atoms with Crippen LogP contribution in [0.4, 0.5) is 4.79 Å². The normalized spacial score (nSPS) is 23.9. The number of nitrogens with zero attached hydrogens (tertiary/aromatic N) is 4. The zero-order valence-corrected chi connectivity index (χ0v) is 17.8. The summed E-state index contributed by atoms with van der Waals surface area (Å²) in [5.74, 6) is 1.32. The predicted octanol–water partition coefficient (Wildman–Crippen LogP) is 4.33. The van der Waals surface area contributed by atoms with Gasteiger partial charge in [-0.05, 0) is 36.7 Å². The van der Waals surface area contributed by atoms with E-state index >= 15 is 0 Å². The highest BCUT2D eigenvalue weighted by molar-refractivity contribution is 5.75. The van der Waals surface area contributed by atoms with Crippen LogP contribution in [0.2, 0.25) is 0 Å². The molecule has 1 atom stereocenters. The van der Waals surface area contributed by atoms with Crippen molar-refractivity contribution in [1.82, 2.24) is 25.0 Å². The van der Waals surface area contributed by atoms with Gasteiger partial charge in [-0.1, -0.05) is 62.4 Å². The molecule has 5 rings (SSSR count). The Bertz CT molecular complexity index is 851. The summed E-state index contributed by atoms with van der Waals surface area (Å²) in [7, 11) is 0. The maximum atomic E-state index is 13.1. The van der Waals surface area contributed by atoms with Crippen LogP contribution >= 0.6 is 0 Å². The first-order valence-electron chi connectivity index (χ1n) is 11.7. The molecule has 2 heterocycles. The van der Waals surface area contributed by atoms with Gasteiger partial charge in [0.05, 0.1) is 6.54 Å². The van der Waals surface area contributed by atoms with Gasteiger partial charge in [0, 0.05) is 25.0 Å². The third-order valence-electron chi connectivity index (χ3n) is 7.62. The molecule has 6 nitrogen and oxygen atoms in total. The van der Waals surface area contributed by atoms with Crippen molar-refractivity contribution in [3.05, 3.63) is 48.0 Å². The van der Waals surface area contributed by atoms with Crippen LogP contribution in [0.15, 0.2) is 36.7 Å². The molecule has 3 aliphatic rings. The monoisotopic (exact) mass is 407 g/mol. The number of carbonyl (C=O) groups is 1. The number of rotatable bonds is 4. The summed E-state index contributed by atoms with van der Waals surface area (Å²) in [6.07, 6.45) is 12.8. The molecule has 1 N–H and O–H groups in total. The van der Waals surface area contributed by atoms with Gasteiger partial charge in [0.25, 0.3) is 0 Å². The molecule has 1 aliphatic heterocycles. The Hall–Kier alpha value is -2.37. The highest BCUT2D eigenvalue weighted by Gasteiger charge is 2.50. The predicted molar refractivity (Wildman–Crippen MR) is 116 cm³/mol. The summed E-state index contributed by atoms with van der Waals surface area (Å²) in [6.45, 7) is 2.39. The van der Waals surface area contributed by atoms with E-state index < -0.39 is 0 Å². The van der Waals surface area contributed by atoms with Crippen molar-refractivity contribution in [1.29, 1.82) is 0 Å². The first-order valence-corrected chi connectivity index (χ1v) is 11.7. The first-order chi connectivity index (χ1) is 14.7. The number of urea groups is 1. The molecular weight excluding hydrogens is 374 g/mol. The number of aromatic nitrogens is 3. The lowest BCUT2D eigenvalue weighted by Gasteiger charge is -2.37. The van der Waals surface area contributed by atoms with Gasteiger partial charge in [-0.15, -0.1) is 10.2 Å². The van der Waals surface area contributed by atoms with Crippen molar-refractivity contribution in [2.45, 2.75) is 76.3 Å². The zero-order valence-electron chi connectivity index (χ0n) is 17.8. The van der Waals surface area contributed by atoms with Crippen LogP contribution in [0.3, 0.4) is 0 Å². The van der Waals surface area contributed by atoms with E-state index in [1.54, 1.807) is 0 Å². The minimum Gasteiger partial charge on any atom is -0.335 e. The van der Waals surface area contributed by atoms with Crippen LogP contribution < -0.4 is 5.32 Å². The van der Waals surface area contributed by atoms with E-state index in [4.69, 9.17) is 0 Å². The van der Waals surface area contributed by atoms with Gasteiger partial charge >= 0.3 is 6.03 Å². The average molecular weight is 408 g/mol. The van der Waals surface area contributed by atoms with Gasteiger partial charge in [-0.25, -0.2) is 4.79 Å². The maximum absolute atomic E-state index is 13.1. The Labute approximate surface area is 179 Å². The highest BCUT2D eigenvalue weighted by atomic mass is 16.2. The van der Waals surface area contributed by atoms with Crippen LogP contribution in [0, 0.1) is 5.41 Å². The van der Waals surface area contributed by atoms with Crippen molar-refractivity contribution >= 4 is 6.03 Å². The standard InChI is InChI=1S/C24H33N5O/c30-23(26-20-11-5-6-12-20)28-16-21(24(17-28)13-7-2-8-14-24)22-27-25-18-29(22)15-19-9-3-1-4-10-19/h1,3-4,9-10,18,20-21H,2,5-8,11-17H2,(H,26,30). The summed E-state index contributed by atoms with van der Waals surface area (Å²) in [4.78, 5) is 15.2. The van der Waals surface area contributed by atoms with Crippen molar-refractivity contribution in [3.63, 3.8) is 0 Å². The summed E-state index contributed by atoms with van der Waals surface area (Å²) in [5, 5.41) is 12.2. The Morgan fingerprint density at radius 1 is 1.07 bits per heavy atom. The summed E-state index contributed by atoms with van der Waals surface area (Å²) >= 11 is 0. The molecule has 2 aromatic rings.